The van der Waals surface area contributed by atoms with Gasteiger partial charge in [-0.2, -0.15) is 4.31 Å². The first-order valence-electron chi connectivity index (χ1n) is 12.5. The predicted molar refractivity (Wildman–Crippen MR) is 137 cm³/mol. The molecule has 1 heterocycles. The zero-order chi connectivity index (χ0) is 26.6. The fraction of sp³-hybridized carbons (Fsp3) is 0.600. The van der Waals surface area contributed by atoms with Crippen LogP contribution in [0.25, 0.3) is 0 Å². The van der Waals surface area contributed by atoms with Gasteiger partial charge in [0.1, 0.15) is 17.9 Å². The highest BCUT2D eigenvalue weighted by atomic mass is 32.2. The fourth-order valence-electron chi connectivity index (χ4n) is 4.19. The Morgan fingerprint density at radius 1 is 1.11 bits per heavy atom. The highest BCUT2D eigenvalue weighted by Crippen LogP contribution is 2.26. The lowest BCUT2D eigenvalue weighted by Gasteiger charge is -2.25. The van der Waals surface area contributed by atoms with E-state index >= 15 is 0 Å². The van der Waals surface area contributed by atoms with E-state index in [1.54, 1.807) is 25.1 Å². The van der Waals surface area contributed by atoms with Gasteiger partial charge in [0.05, 0.1) is 10.7 Å². The monoisotopic (exact) mass is 522 g/mol. The van der Waals surface area contributed by atoms with Gasteiger partial charge in [-0.25, -0.2) is 13.2 Å². The van der Waals surface area contributed by atoms with Crippen LogP contribution in [0.2, 0.25) is 0 Å². The molecular formula is C25H38N4O6S. The number of amides is 1. The third kappa shape index (κ3) is 9.34. The molecule has 2 rings (SSSR count). The van der Waals surface area contributed by atoms with Crippen molar-refractivity contribution < 1.29 is 27.9 Å². The molecule has 2 unspecified atom stereocenters. The van der Waals surface area contributed by atoms with Gasteiger partial charge in [0, 0.05) is 25.9 Å². The number of sulfonamides is 1. The number of carbonyl (C=O) groups is 3. The molecule has 0 spiro atoms. The van der Waals surface area contributed by atoms with Gasteiger partial charge in [-0.15, -0.1) is 0 Å². The van der Waals surface area contributed by atoms with Gasteiger partial charge in [0.15, 0.2) is 0 Å². The average Bonchev–Trinajstić information content (AvgIpc) is 3.34. The molecule has 0 bridgehead atoms. The summed E-state index contributed by atoms with van der Waals surface area (Å²) in [5.74, 6) is -1.37. The summed E-state index contributed by atoms with van der Waals surface area (Å²) in [4.78, 5) is 41.0. The summed E-state index contributed by atoms with van der Waals surface area (Å²) in [6, 6.07) is 5.61. The zero-order valence-electron chi connectivity index (χ0n) is 20.9. The van der Waals surface area contributed by atoms with Gasteiger partial charge in [-0.1, -0.05) is 37.5 Å². The molecule has 11 heteroatoms. The predicted octanol–water partition coefficient (Wildman–Crippen LogP) is 2.48. The second kappa shape index (κ2) is 14.7. The summed E-state index contributed by atoms with van der Waals surface area (Å²) >= 11 is 0. The van der Waals surface area contributed by atoms with E-state index in [1.165, 1.54) is 12.1 Å². The number of amidine groups is 1. The van der Waals surface area contributed by atoms with Crippen molar-refractivity contribution in [2.75, 3.05) is 13.1 Å². The molecule has 1 aliphatic heterocycles. The smallest absolute Gasteiger partial charge is 0.326 e. The molecule has 1 aromatic carbocycles. The zero-order valence-corrected chi connectivity index (χ0v) is 21.7. The molecule has 36 heavy (non-hydrogen) atoms. The Balaban J connectivity index is 1.79. The Hall–Kier alpha value is -2.79. The van der Waals surface area contributed by atoms with Gasteiger partial charge in [-0.05, 0) is 51.2 Å². The van der Waals surface area contributed by atoms with Crippen LogP contribution in [0.1, 0.15) is 71.1 Å². The topological polar surface area (TPSA) is 159 Å². The number of carboxylic acid groups (broad SMARTS) is 1. The maximum Gasteiger partial charge on any atom is 0.326 e. The normalized spacial score (nSPS) is 17.6. The lowest BCUT2D eigenvalue weighted by atomic mass is 10.0. The van der Waals surface area contributed by atoms with Crippen molar-refractivity contribution in [1.82, 2.24) is 9.62 Å². The number of nitrogens with zero attached hydrogens (tertiary/aromatic N) is 2. The molecule has 0 saturated carbocycles. The van der Waals surface area contributed by atoms with Crippen molar-refractivity contribution in [3.05, 3.63) is 30.3 Å². The Bertz CT molecular complexity index is 1010. The minimum atomic E-state index is -3.88. The molecule has 4 N–H and O–H groups in total. The molecule has 0 aromatic heterocycles. The summed E-state index contributed by atoms with van der Waals surface area (Å²) in [5.41, 5.74) is 5.49. The number of benzene rings is 1. The molecular weight excluding hydrogens is 484 g/mol. The van der Waals surface area contributed by atoms with Gasteiger partial charge in [-0.3, -0.25) is 14.6 Å². The van der Waals surface area contributed by atoms with Crippen molar-refractivity contribution in [2.24, 2.45) is 10.7 Å². The lowest BCUT2D eigenvalue weighted by Crippen LogP contribution is -2.50. The molecule has 1 saturated heterocycles. The number of nitrogens with one attached hydrogen (secondary N) is 1. The molecule has 0 radical (unpaired) electrons. The van der Waals surface area contributed by atoms with E-state index in [0.29, 0.717) is 31.6 Å². The number of carboxylic acids is 1. The van der Waals surface area contributed by atoms with E-state index < -0.39 is 34.0 Å². The number of aliphatic imine (C=N–C) groups is 1. The van der Waals surface area contributed by atoms with Crippen LogP contribution >= 0.6 is 0 Å². The van der Waals surface area contributed by atoms with Crippen molar-refractivity contribution in [2.45, 2.75) is 88.1 Å². The van der Waals surface area contributed by atoms with Crippen LogP contribution in [-0.4, -0.2) is 66.5 Å². The number of aliphatic carboxylic acids is 1. The highest BCUT2D eigenvalue weighted by molar-refractivity contribution is 7.89. The van der Waals surface area contributed by atoms with E-state index in [9.17, 15) is 27.9 Å². The summed E-state index contributed by atoms with van der Waals surface area (Å²) in [7, 11) is -3.88. The number of rotatable bonds is 16. The number of Topliss-reactive ketones (excluding diaryl/α,β-unsaturated/α-hetero) is 1. The molecule has 200 valence electrons. The maximum absolute atomic E-state index is 13.0. The van der Waals surface area contributed by atoms with Gasteiger partial charge in [0.2, 0.25) is 15.9 Å². The molecule has 10 nitrogen and oxygen atoms in total. The standard InChI is InChI=1S/C25H38N4O6S/c1-19(26)27-17-9-4-2-3-6-11-20(30)15-16-22(25(32)33)28-24(31)23-14-10-18-29(23)36(34,35)21-12-7-5-8-13-21/h5,7-8,12-13,22-23H,2-4,6,9-11,14-18H2,1H3,(H2,26,27)(H,28,31)(H,32,33). The number of ketones is 1. The number of carbonyl (C=O) groups excluding carboxylic acids is 2. The van der Waals surface area contributed by atoms with Crippen molar-refractivity contribution in [3.8, 4) is 0 Å². The third-order valence-corrected chi connectivity index (χ3v) is 8.08. The van der Waals surface area contributed by atoms with Crippen LogP contribution < -0.4 is 11.1 Å². The molecule has 1 aromatic rings. The van der Waals surface area contributed by atoms with E-state index in [4.69, 9.17) is 5.73 Å². The minimum Gasteiger partial charge on any atom is -0.480 e. The number of unbranched alkanes of at least 4 members (excludes halogenated alkanes) is 4. The van der Waals surface area contributed by atoms with E-state index in [-0.39, 0.29) is 30.1 Å². The Kier molecular flexibility index (Phi) is 12.0. The summed E-state index contributed by atoms with van der Waals surface area (Å²) in [6.07, 6.45) is 5.77. The summed E-state index contributed by atoms with van der Waals surface area (Å²) in [5, 5.41) is 12.0. The molecule has 1 aliphatic rings. The van der Waals surface area contributed by atoms with Gasteiger partial charge < -0.3 is 16.2 Å². The number of hydrogen-bond acceptors (Lipinski definition) is 6. The van der Waals surface area contributed by atoms with E-state index in [0.717, 1.165) is 36.4 Å². The number of hydrogen-bond donors (Lipinski definition) is 3. The van der Waals surface area contributed by atoms with Crippen LogP contribution in [0.15, 0.2) is 40.2 Å². The second-order valence-corrected chi connectivity index (χ2v) is 11.0. The molecule has 1 fully saturated rings. The van der Waals surface area contributed by atoms with Crippen molar-refractivity contribution >= 4 is 33.5 Å². The van der Waals surface area contributed by atoms with Gasteiger partial charge >= 0.3 is 5.97 Å². The summed E-state index contributed by atoms with van der Waals surface area (Å²) in [6.45, 7) is 2.65. The van der Waals surface area contributed by atoms with Crippen LogP contribution in [0.5, 0.6) is 0 Å². The maximum atomic E-state index is 13.0. The quantitative estimate of drug-likeness (QED) is 0.171. The SMILES string of the molecule is CC(N)=NCCCCCCCC(=O)CCC(NC(=O)C1CCCN1S(=O)(=O)c1ccccc1)C(=O)O. The minimum absolute atomic E-state index is 0.0332. The van der Waals surface area contributed by atoms with Crippen LogP contribution in [0.3, 0.4) is 0 Å². The Morgan fingerprint density at radius 2 is 1.78 bits per heavy atom. The third-order valence-electron chi connectivity index (χ3n) is 6.16. The highest BCUT2D eigenvalue weighted by Gasteiger charge is 2.40. The molecule has 2 atom stereocenters. The lowest BCUT2D eigenvalue weighted by molar-refractivity contribution is -0.142. The first kappa shape index (κ1) is 29.4. The Morgan fingerprint density at radius 3 is 2.44 bits per heavy atom. The molecule has 1 amide bonds. The second-order valence-electron chi connectivity index (χ2n) is 9.10. The van der Waals surface area contributed by atoms with E-state index in [1.807, 2.05) is 0 Å². The average molecular weight is 523 g/mol. The van der Waals surface area contributed by atoms with Crippen LogP contribution in [0, 0.1) is 0 Å². The fourth-order valence-corrected chi connectivity index (χ4v) is 5.87. The van der Waals surface area contributed by atoms with Crippen LogP contribution in [-0.2, 0) is 24.4 Å². The first-order valence-corrected chi connectivity index (χ1v) is 13.9. The van der Waals surface area contributed by atoms with E-state index in [2.05, 4.69) is 10.3 Å². The Labute approximate surface area is 213 Å². The molecule has 0 aliphatic carbocycles. The summed E-state index contributed by atoms with van der Waals surface area (Å²) < 4.78 is 27.1. The first-order chi connectivity index (χ1) is 17.1. The number of nitrogens with two attached hydrogens (primary N) is 1. The van der Waals surface area contributed by atoms with Gasteiger partial charge in [0.25, 0.3) is 0 Å². The van der Waals surface area contributed by atoms with Crippen molar-refractivity contribution in [3.63, 3.8) is 0 Å². The van der Waals surface area contributed by atoms with Crippen molar-refractivity contribution in [1.29, 1.82) is 0 Å². The van der Waals surface area contributed by atoms with Crippen LogP contribution in [0.4, 0.5) is 0 Å². The largest absolute Gasteiger partial charge is 0.480 e.